The van der Waals surface area contributed by atoms with Crippen LogP contribution in [0.3, 0.4) is 0 Å². The van der Waals surface area contributed by atoms with Crippen molar-refractivity contribution in [3.8, 4) is 0 Å². The number of hydrogen-bond donors (Lipinski definition) is 0. The molecule has 7 heteroatoms. The summed E-state index contributed by atoms with van der Waals surface area (Å²) in [7, 11) is 1.23. The van der Waals surface area contributed by atoms with E-state index >= 15 is 0 Å². The van der Waals surface area contributed by atoms with E-state index in [-0.39, 0.29) is 16.6 Å². The fourth-order valence-electron chi connectivity index (χ4n) is 1.93. The van der Waals surface area contributed by atoms with Crippen LogP contribution in [0.15, 0.2) is 24.3 Å². The maximum absolute atomic E-state index is 14.1. The van der Waals surface area contributed by atoms with Crippen molar-refractivity contribution in [2.24, 2.45) is 0 Å². The van der Waals surface area contributed by atoms with Crippen molar-refractivity contribution in [1.29, 1.82) is 0 Å². The summed E-state index contributed by atoms with van der Waals surface area (Å²) in [5.41, 5.74) is -0.330. The largest absolute Gasteiger partial charge is 0.466 e. The van der Waals surface area contributed by atoms with Gasteiger partial charge in [0.15, 0.2) is 0 Å². The van der Waals surface area contributed by atoms with Gasteiger partial charge in [-0.15, -0.1) is 0 Å². The Hall–Kier alpha value is -2.70. The number of esters is 1. The van der Waals surface area contributed by atoms with E-state index in [1.54, 1.807) is 26.8 Å². The number of hydrogen-bond acceptors (Lipinski definition) is 5. The van der Waals surface area contributed by atoms with Gasteiger partial charge in [-0.1, -0.05) is 6.07 Å². The summed E-state index contributed by atoms with van der Waals surface area (Å²) in [5.74, 6) is -1.16. The maximum Gasteiger partial charge on any atom is 0.435 e. The molecular weight excluding hydrogens is 303 g/mol. The molecule has 23 heavy (non-hydrogen) atoms. The van der Waals surface area contributed by atoms with Gasteiger partial charge in [0.2, 0.25) is 0 Å². The van der Waals surface area contributed by atoms with Crippen molar-refractivity contribution in [2.45, 2.75) is 26.4 Å². The van der Waals surface area contributed by atoms with Gasteiger partial charge in [-0.05, 0) is 39.0 Å². The second kappa shape index (κ2) is 6.20. The van der Waals surface area contributed by atoms with Gasteiger partial charge in [-0.3, -0.25) is 0 Å². The molecule has 0 aliphatic rings. The number of rotatable bonds is 2. The van der Waals surface area contributed by atoms with Crippen molar-refractivity contribution in [3.63, 3.8) is 0 Å². The molecule has 0 fully saturated rings. The summed E-state index contributed by atoms with van der Waals surface area (Å²) >= 11 is 0. The number of fused-ring (bicyclic) bond motifs is 1. The fourth-order valence-corrected chi connectivity index (χ4v) is 1.93. The Labute approximate surface area is 132 Å². The lowest BCUT2D eigenvalue weighted by Crippen LogP contribution is -2.27. The van der Waals surface area contributed by atoms with Crippen LogP contribution in [0, 0.1) is 5.82 Å². The van der Waals surface area contributed by atoms with Gasteiger partial charge < -0.3 is 9.47 Å². The third-order valence-corrected chi connectivity index (χ3v) is 2.83. The normalized spacial score (nSPS) is 11.9. The van der Waals surface area contributed by atoms with Crippen LogP contribution in [-0.2, 0) is 14.3 Å². The Bertz CT molecular complexity index is 787. The lowest BCUT2D eigenvalue weighted by Gasteiger charge is -2.19. The summed E-state index contributed by atoms with van der Waals surface area (Å²) in [6.07, 6.45) is 1.66. The Balaban J connectivity index is 2.55. The maximum atomic E-state index is 14.1. The Morgan fingerprint density at radius 1 is 1.30 bits per heavy atom. The summed E-state index contributed by atoms with van der Waals surface area (Å²) in [6, 6.07) is 4.26. The highest BCUT2D eigenvalue weighted by Gasteiger charge is 2.22. The molecule has 0 aliphatic carbocycles. The van der Waals surface area contributed by atoms with Gasteiger partial charge in [-0.25, -0.2) is 14.0 Å². The first-order valence-corrected chi connectivity index (χ1v) is 6.89. The molecule has 1 aromatic heterocycles. The third-order valence-electron chi connectivity index (χ3n) is 2.83. The molecule has 6 nitrogen and oxygen atoms in total. The van der Waals surface area contributed by atoms with Crippen LogP contribution in [0.2, 0.25) is 0 Å². The fraction of sp³-hybridized carbons (Fsp3) is 0.312. The minimum Gasteiger partial charge on any atom is -0.466 e. The standard InChI is InChI=1S/C16H17FN2O4/c1-16(2,3)23-15(21)19-12-7-5-6-10(17)14(12)11(18-19)8-9-13(20)22-4/h5-9H,1-4H3/b9-8+. The zero-order valence-corrected chi connectivity index (χ0v) is 13.3. The molecule has 0 amide bonds. The molecular formula is C16H17FN2O4. The number of benzene rings is 1. The SMILES string of the molecule is COC(=O)/C=C/c1nn(C(=O)OC(C)(C)C)c2cccc(F)c12. The number of aromatic nitrogens is 2. The molecule has 0 saturated heterocycles. The molecule has 2 rings (SSSR count). The molecule has 0 unspecified atom stereocenters. The van der Waals surface area contributed by atoms with Crippen molar-refractivity contribution in [1.82, 2.24) is 9.78 Å². The van der Waals surface area contributed by atoms with Crippen LogP contribution in [0.5, 0.6) is 0 Å². The monoisotopic (exact) mass is 320 g/mol. The van der Waals surface area contributed by atoms with Crippen LogP contribution in [0.1, 0.15) is 26.5 Å². The first kappa shape index (κ1) is 16.7. The molecule has 0 N–H and O–H groups in total. The minimum atomic E-state index is -0.731. The van der Waals surface area contributed by atoms with Crippen LogP contribution >= 0.6 is 0 Å². The molecule has 1 aromatic carbocycles. The first-order valence-electron chi connectivity index (χ1n) is 6.89. The Morgan fingerprint density at radius 3 is 2.61 bits per heavy atom. The highest BCUT2D eigenvalue weighted by Crippen LogP contribution is 2.24. The van der Waals surface area contributed by atoms with Crippen molar-refractivity contribution >= 4 is 29.0 Å². The van der Waals surface area contributed by atoms with E-state index in [9.17, 15) is 14.0 Å². The number of methoxy groups -OCH3 is 1. The highest BCUT2D eigenvalue weighted by atomic mass is 19.1. The average molecular weight is 320 g/mol. The number of halogens is 1. The number of carbonyl (C=O) groups is 2. The molecule has 122 valence electrons. The van der Waals surface area contributed by atoms with Crippen LogP contribution in [0.25, 0.3) is 17.0 Å². The van der Waals surface area contributed by atoms with Gasteiger partial charge >= 0.3 is 12.1 Å². The summed E-state index contributed by atoms with van der Waals surface area (Å²) in [4.78, 5) is 23.4. The van der Waals surface area contributed by atoms with Crippen molar-refractivity contribution in [3.05, 3.63) is 35.8 Å². The predicted octanol–water partition coefficient (Wildman–Crippen LogP) is 3.14. The summed E-state index contributed by atoms with van der Waals surface area (Å²) in [5, 5.41) is 4.17. The predicted molar refractivity (Wildman–Crippen MR) is 82.4 cm³/mol. The van der Waals surface area contributed by atoms with E-state index < -0.39 is 23.5 Å². The summed E-state index contributed by atoms with van der Waals surface area (Å²) in [6.45, 7) is 5.15. The molecule has 0 aliphatic heterocycles. The van der Waals surface area contributed by atoms with Gasteiger partial charge in [0.1, 0.15) is 11.4 Å². The van der Waals surface area contributed by atoms with Crippen LogP contribution in [-0.4, -0.2) is 34.6 Å². The van der Waals surface area contributed by atoms with E-state index in [4.69, 9.17) is 4.74 Å². The van der Waals surface area contributed by atoms with E-state index in [0.29, 0.717) is 0 Å². The lowest BCUT2D eigenvalue weighted by atomic mass is 10.2. The molecule has 0 atom stereocenters. The molecule has 0 bridgehead atoms. The molecule has 2 aromatic rings. The topological polar surface area (TPSA) is 70.4 Å². The zero-order valence-electron chi connectivity index (χ0n) is 13.3. The zero-order chi connectivity index (χ0) is 17.2. The van der Waals surface area contributed by atoms with E-state index in [2.05, 4.69) is 9.84 Å². The molecule has 0 radical (unpaired) electrons. The van der Waals surface area contributed by atoms with E-state index in [1.165, 1.54) is 25.3 Å². The van der Waals surface area contributed by atoms with Crippen LogP contribution in [0.4, 0.5) is 9.18 Å². The van der Waals surface area contributed by atoms with Gasteiger partial charge in [0.25, 0.3) is 0 Å². The Kier molecular flexibility index (Phi) is 4.49. The van der Waals surface area contributed by atoms with Gasteiger partial charge in [-0.2, -0.15) is 9.78 Å². The number of ether oxygens (including phenoxy) is 2. The van der Waals surface area contributed by atoms with E-state index in [1.807, 2.05) is 0 Å². The molecule has 0 spiro atoms. The quantitative estimate of drug-likeness (QED) is 0.628. The number of nitrogens with zero attached hydrogens (tertiary/aromatic N) is 2. The molecule has 1 heterocycles. The second-order valence-corrected chi connectivity index (χ2v) is 5.77. The van der Waals surface area contributed by atoms with Gasteiger partial charge in [0, 0.05) is 6.08 Å². The Morgan fingerprint density at radius 2 is 2.00 bits per heavy atom. The number of carbonyl (C=O) groups excluding carboxylic acids is 2. The summed E-state index contributed by atoms with van der Waals surface area (Å²) < 4.78 is 24.8. The van der Waals surface area contributed by atoms with E-state index in [0.717, 1.165) is 10.8 Å². The lowest BCUT2D eigenvalue weighted by molar-refractivity contribution is -0.134. The van der Waals surface area contributed by atoms with Crippen LogP contribution < -0.4 is 0 Å². The second-order valence-electron chi connectivity index (χ2n) is 5.77. The third kappa shape index (κ3) is 3.74. The van der Waals surface area contributed by atoms with Crippen molar-refractivity contribution in [2.75, 3.05) is 7.11 Å². The smallest absolute Gasteiger partial charge is 0.435 e. The minimum absolute atomic E-state index is 0.124. The van der Waals surface area contributed by atoms with Gasteiger partial charge in [0.05, 0.1) is 23.7 Å². The first-order chi connectivity index (χ1) is 10.7. The average Bonchev–Trinajstić information content (AvgIpc) is 2.83. The van der Waals surface area contributed by atoms with Crippen molar-refractivity contribution < 1.29 is 23.5 Å². The molecule has 0 saturated carbocycles. The highest BCUT2D eigenvalue weighted by molar-refractivity contribution is 5.96.